The molecule has 1 unspecified atom stereocenters. The normalized spacial score (nSPS) is 14.8. The first-order chi connectivity index (χ1) is 8.41. The second-order valence-electron chi connectivity index (χ2n) is 5.01. The molecule has 0 amide bonds. The summed E-state index contributed by atoms with van der Waals surface area (Å²) in [5.41, 5.74) is 1.52. The van der Waals surface area contributed by atoms with Gasteiger partial charge in [-0.05, 0) is 43.1 Å². The third-order valence-corrected chi connectivity index (χ3v) is 4.07. The first-order valence-electron chi connectivity index (χ1n) is 6.56. The Balaban J connectivity index is 2.59. The van der Waals surface area contributed by atoms with Crippen LogP contribution in [0.3, 0.4) is 0 Å². The third-order valence-electron chi connectivity index (χ3n) is 3.04. The molecule has 18 heavy (non-hydrogen) atoms. The number of hydrogen-bond acceptors (Lipinski definition) is 3. The zero-order valence-electron chi connectivity index (χ0n) is 11.8. The summed E-state index contributed by atoms with van der Waals surface area (Å²) < 4.78 is 3.05. The van der Waals surface area contributed by atoms with E-state index in [0.717, 1.165) is 41.8 Å². The quantitative estimate of drug-likeness (QED) is 0.812. The van der Waals surface area contributed by atoms with Crippen LogP contribution in [0.2, 0.25) is 0 Å². The van der Waals surface area contributed by atoms with Crippen LogP contribution < -0.4 is 5.32 Å². The van der Waals surface area contributed by atoms with Crippen molar-refractivity contribution in [3.63, 3.8) is 0 Å². The van der Waals surface area contributed by atoms with Crippen molar-refractivity contribution in [2.75, 3.05) is 6.54 Å². The van der Waals surface area contributed by atoms with Gasteiger partial charge in [0.2, 0.25) is 0 Å². The summed E-state index contributed by atoms with van der Waals surface area (Å²) in [6, 6.07) is 0. The summed E-state index contributed by atoms with van der Waals surface area (Å²) in [7, 11) is 0. The van der Waals surface area contributed by atoms with Crippen LogP contribution in [0.1, 0.15) is 45.0 Å². The van der Waals surface area contributed by atoms with Gasteiger partial charge in [-0.2, -0.15) is 5.10 Å². The van der Waals surface area contributed by atoms with Gasteiger partial charge in [0.25, 0.3) is 0 Å². The molecule has 0 saturated heterocycles. The lowest BCUT2D eigenvalue weighted by Gasteiger charge is -2.23. The summed E-state index contributed by atoms with van der Waals surface area (Å²) >= 11 is 3.57. The fourth-order valence-electron chi connectivity index (χ4n) is 2.12. The van der Waals surface area contributed by atoms with E-state index >= 15 is 0 Å². The van der Waals surface area contributed by atoms with Crippen molar-refractivity contribution in [2.24, 2.45) is 0 Å². The molecule has 0 fully saturated rings. The van der Waals surface area contributed by atoms with Crippen molar-refractivity contribution in [3.05, 3.63) is 15.9 Å². The van der Waals surface area contributed by atoms with Crippen LogP contribution in [0.15, 0.2) is 4.47 Å². The van der Waals surface area contributed by atoms with E-state index in [1.807, 2.05) is 18.5 Å². The Morgan fingerprint density at radius 3 is 2.67 bits per heavy atom. The van der Waals surface area contributed by atoms with E-state index < -0.39 is 5.60 Å². The molecule has 1 rings (SSSR count). The summed E-state index contributed by atoms with van der Waals surface area (Å²) in [6.45, 7) is 10.2. The molecule has 5 heteroatoms. The topological polar surface area (TPSA) is 50.1 Å². The van der Waals surface area contributed by atoms with E-state index in [1.165, 1.54) is 0 Å². The minimum atomic E-state index is -0.632. The second kappa shape index (κ2) is 6.68. The summed E-state index contributed by atoms with van der Waals surface area (Å²) in [5, 5.41) is 17.9. The molecule has 1 aromatic heterocycles. The SMILES string of the molecule is CCCC(C)(O)CNCc1c(Br)c(C)nn1CC. The molecule has 0 aliphatic rings. The molecule has 0 aromatic carbocycles. The van der Waals surface area contributed by atoms with Gasteiger partial charge < -0.3 is 10.4 Å². The van der Waals surface area contributed by atoms with Crippen molar-refractivity contribution < 1.29 is 5.11 Å². The van der Waals surface area contributed by atoms with Crippen LogP contribution in [-0.4, -0.2) is 27.0 Å². The molecule has 1 aromatic rings. The maximum absolute atomic E-state index is 10.1. The van der Waals surface area contributed by atoms with Crippen LogP contribution in [-0.2, 0) is 13.1 Å². The van der Waals surface area contributed by atoms with E-state index in [9.17, 15) is 5.11 Å². The van der Waals surface area contributed by atoms with Gasteiger partial charge in [-0.25, -0.2) is 0 Å². The highest BCUT2D eigenvalue weighted by atomic mass is 79.9. The fraction of sp³-hybridized carbons (Fsp3) is 0.769. The van der Waals surface area contributed by atoms with E-state index in [-0.39, 0.29) is 0 Å². The van der Waals surface area contributed by atoms with E-state index in [4.69, 9.17) is 0 Å². The molecule has 0 aliphatic carbocycles. The minimum Gasteiger partial charge on any atom is -0.389 e. The van der Waals surface area contributed by atoms with Crippen LogP contribution in [0.4, 0.5) is 0 Å². The standard InChI is InChI=1S/C13H24BrN3O/c1-5-7-13(4,18)9-15-8-11-12(14)10(3)16-17(11)6-2/h15,18H,5-9H2,1-4H3. The zero-order chi connectivity index (χ0) is 13.8. The smallest absolute Gasteiger partial charge is 0.0743 e. The van der Waals surface area contributed by atoms with E-state index in [0.29, 0.717) is 6.54 Å². The lowest BCUT2D eigenvalue weighted by molar-refractivity contribution is 0.0496. The van der Waals surface area contributed by atoms with E-state index in [1.54, 1.807) is 0 Å². The molecule has 4 nitrogen and oxygen atoms in total. The predicted molar refractivity (Wildman–Crippen MR) is 77.6 cm³/mol. The van der Waals surface area contributed by atoms with Crippen molar-refractivity contribution in [3.8, 4) is 0 Å². The van der Waals surface area contributed by atoms with Crippen LogP contribution in [0.25, 0.3) is 0 Å². The Labute approximate surface area is 118 Å². The number of rotatable bonds is 7. The van der Waals surface area contributed by atoms with Gasteiger partial charge in [-0.1, -0.05) is 13.3 Å². The van der Waals surface area contributed by atoms with Crippen molar-refractivity contribution in [1.29, 1.82) is 0 Å². The van der Waals surface area contributed by atoms with Gasteiger partial charge in [0, 0.05) is 19.6 Å². The van der Waals surface area contributed by atoms with Gasteiger partial charge >= 0.3 is 0 Å². The average molecular weight is 318 g/mol. The van der Waals surface area contributed by atoms with Gasteiger partial charge in [0.1, 0.15) is 0 Å². The Bertz CT molecular complexity index is 388. The molecular weight excluding hydrogens is 294 g/mol. The predicted octanol–water partition coefficient (Wildman–Crippen LogP) is 2.61. The average Bonchev–Trinajstić information content (AvgIpc) is 2.56. The number of aromatic nitrogens is 2. The Morgan fingerprint density at radius 2 is 2.11 bits per heavy atom. The molecule has 0 spiro atoms. The van der Waals surface area contributed by atoms with Crippen molar-refractivity contribution in [1.82, 2.24) is 15.1 Å². The first kappa shape index (κ1) is 15.7. The molecule has 0 saturated carbocycles. The number of aliphatic hydroxyl groups is 1. The van der Waals surface area contributed by atoms with Crippen LogP contribution in [0.5, 0.6) is 0 Å². The molecule has 1 heterocycles. The molecule has 0 bridgehead atoms. The van der Waals surface area contributed by atoms with E-state index in [2.05, 4.69) is 40.2 Å². The number of nitrogens with zero attached hydrogens (tertiary/aromatic N) is 2. The van der Waals surface area contributed by atoms with Gasteiger partial charge in [0.05, 0.1) is 21.5 Å². The number of hydrogen-bond donors (Lipinski definition) is 2. The highest BCUT2D eigenvalue weighted by Gasteiger charge is 2.19. The summed E-state index contributed by atoms with van der Waals surface area (Å²) in [4.78, 5) is 0. The summed E-state index contributed by atoms with van der Waals surface area (Å²) in [5.74, 6) is 0. The minimum absolute atomic E-state index is 0.598. The van der Waals surface area contributed by atoms with Crippen molar-refractivity contribution >= 4 is 15.9 Å². The summed E-state index contributed by atoms with van der Waals surface area (Å²) in [6.07, 6.45) is 1.80. The lowest BCUT2D eigenvalue weighted by atomic mass is 10.0. The first-order valence-corrected chi connectivity index (χ1v) is 7.35. The Hall–Kier alpha value is -0.390. The van der Waals surface area contributed by atoms with Crippen LogP contribution >= 0.6 is 15.9 Å². The number of aryl methyl sites for hydroxylation is 2. The maximum atomic E-state index is 10.1. The highest BCUT2D eigenvalue weighted by molar-refractivity contribution is 9.10. The van der Waals surface area contributed by atoms with Crippen molar-refractivity contribution in [2.45, 2.75) is 59.2 Å². The maximum Gasteiger partial charge on any atom is 0.0743 e. The number of nitrogens with one attached hydrogen (secondary N) is 1. The van der Waals surface area contributed by atoms with Gasteiger partial charge in [0.15, 0.2) is 0 Å². The Morgan fingerprint density at radius 1 is 1.44 bits per heavy atom. The third kappa shape index (κ3) is 4.07. The molecular formula is C13H24BrN3O. The zero-order valence-corrected chi connectivity index (χ0v) is 13.3. The van der Waals surface area contributed by atoms with Crippen LogP contribution in [0, 0.1) is 6.92 Å². The Kier molecular flexibility index (Phi) is 5.82. The molecule has 104 valence electrons. The highest BCUT2D eigenvalue weighted by Crippen LogP contribution is 2.21. The second-order valence-corrected chi connectivity index (χ2v) is 5.81. The fourth-order valence-corrected chi connectivity index (χ4v) is 2.54. The van der Waals surface area contributed by atoms with Gasteiger partial charge in [-0.3, -0.25) is 4.68 Å². The molecule has 0 radical (unpaired) electrons. The number of halogens is 1. The molecule has 0 aliphatic heterocycles. The monoisotopic (exact) mass is 317 g/mol. The molecule has 1 atom stereocenters. The molecule has 2 N–H and O–H groups in total. The largest absolute Gasteiger partial charge is 0.389 e. The lowest BCUT2D eigenvalue weighted by Crippen LogP contribution is -2.37. The van der Waals surface area contributed by atoms with Gasteiger partial charge in [-0.15, -0.1) is 0 Å².